The van der Waals surface area contributed by atoms with Gasteiger partial charge in [0.05, 0.1) is 18.5 Å². The fourth-order valence-electron chi connectivity index (χ4n) is 4.31. The van der Waals surface area contributed by atoms with Gasteiger partial charge in [-0.25, -0.2) is 14.1 Å². The Bertz CT molecular complexity index is 1610. The number of hydrogen-bond acceptors (Lipinski definition) is 7. The van der Waals surface area contributed by atoms with Gasteiger partial charge in [-0.1, -0.05) is 0 Å². The lowest BCUT2D eigenvalue weighted by Crippen LogP contribution is -2.39. The predicted molar refractivity (Wildman–Crippen MR) is 123 cm³/mol. The summed E-state index contributed by atoms with van der Waals surface area (Å²) in [4.78, 5) is 34.8. The number of H-pyrrole nitrogens is 1. The van der Waals surface area contributed by atoms with Crippen molar-refractivity contribution in [2.24, 2.45) is 0 Å². The molecule has 10 nitrogen and oxygen atoms in total. The number of carbonyl (C=O) groups excluding carboxylic acids is 1. The number of anilines is 1. The number of amides is 1. The van der Waals surface area contributed by atoms with Crippen molar-refractivity contribution in [3.63, 3.8) is 0 Å². The highest BCUT2D eigenvalue weighted by Crippen LogP contribution is 2.44. The second-order valence-electron chi connectivity index (χ2n) is 8.70. The Morgan fingerprint density at radius 2 is 1.97 bits per heavy atom. The highest BCUT2D eigenvalue weighted by molar-refractivity contribution is 5.95. The average Bonchev–Trinajstić information content (AvgIpc) is 3.45. The minimum Gasteiger partial charge on any atom is -0.395 e. The minimum atomic E-state index is -3.79. The van der Waals surface area contributed by atoms with Gasteiger partial charge in [0.25, 0.3) is 5.56 Å². The molecule has 4 aromatic rings. The zero-order valence-electron chi connectivity index (χ0n) is 19.0. The summed E-state index contributed by atoms with van der Waals surface area (Å²) >= 11 is 0. The number of fused-ring (bicyclic) bond motifs is 2. The molecule has 0 radical (unpaired) electrons. The highest BCUT2D eigenvalue weighted by atomic mass is 19.3. The standard InChI is InChI=1S/C24H18F3N5O5/c25-16-5-1-12(7-13(16)10-33)20-21-22(29-11-28-21)23(35)31(30-20)9-19(34)32(14-2-3-14)15-4-6-17-18(8-15)37-24(26,27)36-17/h1,4-8,11,14,33H,2-3,9-10H2,(H,28,29). The highest BCUT2D eigenvalue weighted by Gasteiger charge is 2.44. The van der Waals surface area contributed by atoms with Crippen LogP contribution in [0.1, 0.15) is 18.4 Å². The lowest BCUT2D eigenvalue weighted by atomic mass is 10.1. The Labute approximate surface area is 205 Å². The maximum atomic E-state index is 13.9. The number of halogens is 3. The molecule has 3 heterocycles. The van der Waals surface area contributed by atoms with E-state index in [-0.39, 0.29) is 34.3 Å². The van der Waals surface area contributed by atoms with Crippen molar-refractivity contribution in [3.05, 3.63) is 64.5 Å². The number of aromatic nitrogens is 4. The third-order valence-corrected chi connectivity index (χ3v) is 6.15. The van der Waals surface area contributed by atoms with Crippen LogP contribution in [0, 0.1) is 5.82 Å². The normalized spacial score (nSPS) is 15.8. The summed E-state index contributed by atoms with van der Waals surface area (Å²) in [6.07, 6.45) is -1.10. The van der Waals surface area contributed by atoms with Crippen LogP contribution in [-0.4, -0.2) is 43.1 Å². The maximum Gasteiger partial charge on any atom is 0.586 e. The topological polar surface area (TPSA) is 123 Å². The van der Waals surface area contributed by atoms with Gasteiger partial charge in [0, 0.05) is 28.9 Å². The molecule has 2 aromatic heterocycles. The lowest BCUT2D eigenvalue weighted by molar-refractivity contribution is -0.286. The van der Waals surface area contributed by atoms with Crippen LogP contribution in [0.15, 0.2) is 47.5 Å². The summed E-state index contributed by atoms with van der Waals surface area (Å²) in [5.74, 6) is -1.45. The molecule has 1 fully saturated rings. The Balaban J connectivity index is 1.37. The molecule has 2 aliphatic rings. The number of benzene rings is 2. The number of ether oxygens (including phenoxy) is 2. The van der Waals surface area contributed by atoms with Gasteiger partial charge in [-0.15, -0.1) is 8.78 Å². The molecule has 13 heteroatoms. The molecule has 1 aliphatic carbocycles. The number of nitrogens with one attached hydrogen (secondary N) is 1. The zero-order chi connectivity index (χ0) is 25.9. The summed E-state index contributed by atoms with van der Waals surface area (Å²) in [6.45, 7) is -1.01. The second kappa shape index (κ2) is 8.34. The van der Waals surface area contributed by atoms with E-state index < -0.39 is 36.7 Å². The van der Waals surface area contributed by atoms with E-state index in [9.17, 15) is 27.9 Å². The number of aromatic amines is 1. The molecule has 1 saturated carbocycles. The van der Waals surface area contributed by atoms with E-state index in [1.807, 2.05) is 0 Å². The van der Waals surface area contributed by atoms with Crippen molar-refractivity contribution in [3.8, 4) is 22.8 Å². The number of aliphatic hydroxyl groups is 1. The summed E-state index contributed by atoms with van der Waals surface area (Å²) in [6, 6.07) is 7.87. The fraction of sp³-hybridized carbons (Fsp3) is 0.250. The van der Waals surface area contributed by atoms with Gasteiger partial charge < -0.3 is 24.5 Å². The van der Waals surface area contributed by atoms with Gasteiger partial charge in [-0.05, 0) is 43.2 Å². The van der Waals surface area contributed by atoms with Crippen LogP contribution in [0.2, 0.25) is 0 Å². The molecular formula is C24H18F3N5O5. The van der Waals surface area contributed by atoms with Crippen molar-refractivity contribution >= 4 is 22.6 Å². The SMILES string of the molecule is O=C(Cn1nc(-c2ccc(F)c(CO)c2)c2[nH]cnc2c1=O)N(c1ccc2c(c1)OC(F)(F)O2)C1CC1. The maximum absolute atomic E-state index is 13.9. The monoisotopic (exact) mass is 513 g/mol. The van der Waals surface area contributed by atoms with E-state index in [1.165, 1.54) is 47.6 Å². The van der Waals surface area contributed by atoms with Crippen molar-refractivity contribution in [2.45, 2.75) is 38.3 Å². The molecule has 37 heavy (non-hydrogen) atoms. The molecule has 0 saturated heterocycles. The van der Waals surface area contributed by atoms with Gasteiger partial charge in [-0.2, -0.15) is 5.10 Å². The summed E-state index contributed by atoms with van der Waals surface area (Å²) < 4.78 is 50.8. The first kappa shape index (κ1) is 23.0. The number of carbonyl (C=O) groups is 1. The summed E-state index contributed by atoms with van der Waals surface area (Å²) in [5, 5.41) is 13.8. The number of nitrogens with zero attached hydrogens (tertiary/aromatic N) is 4. The third kappa shape index (κ3) is 4.06. The van der Waals surface area contributed by atoms with Crippen molar-refractivity contribution < 1.29 is 32.5 Å². The summed E-state index contributed by atoms with van der Waals surface area (Å²) in [5.41, 5.74) is 0.672. The molecule has 6 rings (SSSR count). The molecule has 190 valence electrons. The van der Waals surface area contributed by atoms with Gasteiger partial charge in [0.2, 0.25) is 5.91 Å². The molecule has 2 aromatic carbocycles. The molecule has 1 amide bonds. The van der Waals surface area contributed by atoms with E-state index in [0.717, 1.165) is 4.68 Å². The van der Waals surface area contributed by atoms with Gasteiger partial charge in [0.15, 0.2) is 17.0 Å². The number of alkyl halides is 2. The van der Waals surface area contributed by atoms with E-state index in [2.05, 4.69) is 24.5 Å². The first-order chi connectivity index (χ1) is 17.7. The van der Waals surface area contributed by atoms with Crippen LogP contribution in [0.5, 0.6) is 11.5 Å². The van der Waals surface area contributed by atoms with Crippen molar-refractivity contribution in [2.75, 3.05) is 4.90 Å². The van der Waals surface area contributed by atoms with Gasteiger partial charge in [-0.3, -0.25) is 9.59 Å². The Hall–Kier alpha value is -4.39. The molecule has 0 unspecified atom stereocenters. The Morgan fingerprint density at radius 1 is 1.19 bits per heavy atom. The molecule has 0 spiro atoms. The first-order valence-corrected chi connectivity index (χ1v) is 11.3. The number of rotatable bonds is 6. The lowest BCUT2D eigenvalue weighted by Gasteiger charge is -2.23. The van der Waals surface area contributed by atoms with Gasteiger partial charge >= 0.3 is 6.29 Å². The van der Waals surface area contributed by atoms with Crippen molar-refractivity contribution in [1.29, 1.82) is 0 Å². The van der Waals surface area contributed by atoms with E-state index in [4.69, 9.17) is 0 Å². The molecular weight excluding hydrogens is 495 g/mol. The van der Waals surface area contributed by atoms with Crippen LogP contribution in [0.25, 0.3) is 22.3 Å². The number of imidazole rings is 1. The second-order valence-corrected chi connectivity index (χ2v) is 8.70. The van der Waals surface area contributed by atoms with Crippen LogP contribution >= 0.6 is 0 Å². The predicted octanol–water partition coefficient (Wildman–Crippen LogP) is 2.94. The molecule has 2 N–H and O–H groups in total. The largest absolute Gasteiger partial charge is 0.586 e. The minimum absolute atomic E-state index is 0.0240. The van der Waals surface area contributed by atoms with Crippen LogP contribution < -0.4 is 19.9 Å². The fourth-order valence-corrected chi connectivity index (χ4v) is 4.31. The zero-order valence-corrected chi connectivity index (χ0v) is 19.0. The smallest absolute Gasteiger partial charge is 0.395 e. The average molecular weight is 513 g/mol. The molecule has 0 atom stereocenters. The van der Waals surface area contributed by atoms with Gasteiger partial charge in [0.1, 0.15) is 18.1 Å². The van der Waals surface area contributed by atoms with E-state index in [1.54, 1.807) is 0 Å². The molecule has 0 bridgehead atoms. The van der Waals surface area contributed by atoms with Crippen molar-refractivity contribution in [1.82, 2.24) is 19.7 Å². The Morgan fingerprint density at radius 3 is 2.73 bits per heavy atom. The van der Waals surface area contributed by atoms with Crippen LogP contribution in [0.3, 0.4) is 0 Å². The quantitative estimate of drug-likeness (QED) is 0.407. The third-order valence-electron chi connectivity index (χ3n) is 6.15. The number of aliphatic hydroxyl groups excluding tert-OH is 1. The summed E-state index contributed by atoms with van der Waals surface area (Å²) in [7, 11) is 0. The molecule has 1 aliphatic heterocycles. The van der Waals surface area contributed by atoms with Crippen LogP contribution in [-0.2, 0) is 17.9 Å². The van der Waals surface area contributed by atoms with Crippen LogP contribution in [0.4, 0.5) is 18.9 Å². The first-order valence-electron chi connectivity index (χ1n) is 11.3. The van der Waals surface area contributed by atoms with E-state index in [0.29, 0.717) is 29.6 Å². The van der Waals surface area contributed by atoms with E-state index >= 15 is 0 Å². The number of hydrogen-bond donors (Lipinski definition) is 2. The Kier molecular flexibility index (Phi) is 5.19.